The van der Waals surface area contributed by atoms with Crippen molar-refractivity contribution in [1.29, 1.82) is 0 Å². The fourth-order valence-corrected chi connectivity index (χ4v) is 27.1. The molecule has 0 aliphatic carbocycles. The summed E-state index contributed by atoms with van der Waals surface area (Å²) in [5.41, 5.74) is 0. The van der Waals surface area contributed by atoms with Gasteiger partial charge in [0, 0.05) is 39.5 Å². The highest BCUT2D eigenvalue weighted by Gasteiger charge is 2.64. The summed E-state index contributed by atoms with van der Waals surface area (Å²) in [4.78, 5) is 0. The lowest BCUT2D eigenvalue weighted by atomic mass is 11.0. The summed E-state index contributed by atoms with van der Waals surface area (Å²) in [6.07, 6.45) is -0.628. The summed E-state index contributed by atoms with van der Waals surface area (Å²) in [5.74, 6) is 0. The molecule has 10 nitrogen and oxygen atoms in total. The molecule has 1 aliphatic rings. The molecule has 1 rings (SSSR count). The third kappa shape index (κ3) is 5.97. The summed E-state index contributed by atoms with van der Waals surface area (Å²) in [6, 6.07) is 2.21. The summed E-state index contributed by atoms with van der Waals surface area (Å²) in [6.45, 7) is 9.52. The molecule has 1 heterocycles. The van der Waals surface area contributed by atoms with Crippen LogP contribution in [0.5, 0.6) is 0 Å². The molecule has 180 valence electrons. The van der Waals surface area contributed by atoms with Crippen molar-refractivity contribution in [3.05, 3.63) is 0 Å². The lowest BCUT2D eigenvalue weighted by molar-refractivity contribution is 0.0687. The average molecular weight is 521 g/mol. The van der Waals surface area contributed by atoms with E-state index in [0.717, 1.165) is 0 Å². The van der Waals surface area contributed by atoms with Crippen LogP contribution in [0.3, 0.4) is 0 Å². The topological polar surface area (TPSA) is 114 Å². The van der Waals surface area contributed by atoms with Crippen LogP contribution in [0.2, 0.25) is 30.2 Å². The lowest BCUT2D eigenvalue weighted by Crippen LogP contribution is -2.72. The molecule has 0 aromatic heterocycles. The monoisotopic (exact) mass is 520 g/mol. The van der Waals surface area contributed by atoms with Gasteiger partial charge in [-0.15, -0.1) is 0 Å². The molecule has 0 radical (unpaired) electrons. The molecular formula is C15H40O10Si5. The van der Waals surface area contributed by atoms with E-state index in [1.54, 1.807) is 7.11 Å². The van der Waals surface area contributed by atoms with Gasteiger partial charge in [-0.3, -0.25) is 0 Å². The summed E-state index contributed by atoms with van der Waals surface area (Å²) >= 11 is 0. The molecule has 4 atom stereocenters. The molecule has 1 aliphatic heterocycles. The molecule has 2 N–H and O–H groups in total. The molecule has 30 heavy (non-hydrogen) atoms. The molecule has 0 aromatic rings. The van der Waals surface area contributed by atoms with Gasteiger partial charge in [-0.25, -0.2) is 0 Å². The van der Waals surface area contributed by atoms with Crippen molar-refractivity contribution in [3.63, 3.8) is 0 Å². The van der Waals surface area contributed by atoms with E-state index in [4.69, 9.17) is 33.9 Å². The maximum Gasteiger partial charge on any atom is 0.485 e. The Labute approximate surface area is 186 Å². The van der Waals surface area contributed by atoms with E-state index in [1.165, 1.54) is 14.2 Å². The van der Waals surface area contributed by atoms with Gasteiger partial charge in [-0.2, -0.15) is 0 Å². The molecular weight excluding hydrogens is 481 g/mol. The van der Waals surface area contributed by atoms with E-state index in [9.17, 15) is 10.2 Å². The SMILES string of the molecule is CC[Si]1(CO)O[Si](CC)(CO)O[Si](CC)(OC)O[Si](CC)(OC)O[Si](CC)(OC)O1. The molecule has 0 amide bonds. The van der Waals surface area contributed by atoms with E-state index >= 15 is 0 Å². The van der Waals surface area contributed by atoms with E-state index in [0.29, 0.717) is 30.2 Å². The summed E-state index contributed by atoms with van der Waals surface area (Å²) < 4.78 is 50.1. The maximum absolute atomic E-state index is 10.4. The predicted molar refractivity (Wildman–Crippen MR) is 122 cm³/mol. The number of aliphatic hydroxyl groups is 2. The Hall–Kier alpha value is 0.684. The smallest absolute Gasteiger partial charge is 0.413 e. The highest BCUT2D eigenvalue weighted by Crippen LogP contribution is 2.37. The van der Waals surface area contributed by atoms with Crippen LogP contribution in [0.4, 0.5) is 0 Å². The van der Waals surface area contributed by atoms with Crippen LogP contribution in [-0.2, 0) is 33.9 Å². The van der Waals surface area contributed by atoms with E-state index in [2.05, 4.69) is 0 Å². The highest BCUT2D eigenvalue weighted by molar-refractivity contribution is 6.92. The first kappa shape index (κ1) is 28.7. The molecule has 15 heteroatoms. The van der Waals surface area contributed by atoms with E-state index in [-0.39, 0.29) is 12.5 Å². The molecule has 0 saturated carbocycles. The minimum absolute atomic E-state index is 0.314. The van der Waals surface area contributed by atoms with Crippen molar-refractivity contribution < 1.29 is 44.1 Å². The highest BCUT2D eigenvalue weighted by atomic mass is 28.5. The second-order valence-corrected chi connectivity index (χ2v) is 24.3. The first-order valence-corrected chi connectivity index (χ1v) is 20.8. The number of rotatable bonds is 10. The summed E-state index contributed by atoms with van der Waals surface area (Å²) in [7, 11) is -12.0. The molecule has 1 fully saturated rings. The van der Waals surface area contributed by atoms with Crippen LogP contribution in [-0.4, -0.2) is 87.5 Å². The van der Waals surface area contributed by atoms with Crippen molar-refractivity contribution in [1.82, 2.24) is 0 Å². The van der Waals surface area contributed by atoms with Crippen LogP contribution < -0.4 is 0 Å². The van der Waals surface area contributed by atoms with E-state index in [1.807, 2.05) is 34.6 Å². The molecule has 1 saturated heterocycles. The molecule has 0 bridgehead atoms. The minimum Gasteiger partial charge on any atom is -0.413 e. The Bertz CT molecular complexity index is 384. The third-order valence-corrected chi connectivity index (χ3v) is 26.5. The maximum atomic E-state index is 10.4. The quantitative estimate of drug-likeness (QED) is 0.414. The van der Waals surface area contributed by atoms with Crippen LogP contribution in [0, 0.1) is 0 Å². The zero-order valence-electron chi connectivity index (χ0n) is 19.6. The first-order valence-electron chi connectivity index (χ1n) is 10.5. The van der Waals surface area contributed by atoms with Crippen molar-refractivity contribution in [2.24, 2.45) is 0 Å². The molecule has 4 unspecified atom stereocenters. The fourth-order valence-electron chi connectivity index (χ4n) is 3.24. The summed E-state index contributed by atoms with van der Waals surface area (Å²) in [5, 5.41) is 20.8. The van der Waals surface area contributed by atoms with Crippen molar-refractivity contribution in [3.8, 4) is 0 Å². The average Bonchev–Trinajstić information content (AvgIpc) is 2.81. The molecule has 0 spiro atoms. The van der Waals surface area contributed by atoms with E-state index < -0.39 is 43.5 Å². The number of aliphatic hydroxyl groups excluding tert-OH is 2. The Morgan fingerprint density at radius 3 is 1.00 bits per heavy atom. The third-order valence-electron chi connectivity index (χ3n) is 5.47. The zero-order valence-corrected chi connectivity index (χ0v) is 24.6. The van der Waals surface area contributed by atoms with Crippen LogP contribution in [0.25, 0.3) is 0 Å². The first-order chi connectivity index (χ1) is 14.1. The Morgan fingerprint density at radius 2 is 0.800 bits per heavy atom. The van der Waals surface area contributed by atoms with Gasteiger partial charge < -0.3 is 44.1 Å². The largest absolute Gasteiger partial charge is 0.485 e. The van der Waals surface area contributed by atoms with Gasteiger partial charge in [0.2, 0.25) is 0 Å². The van der Waals surface area contributed by atoms with Gasteiger partial charge in [0.25, 0.3) is 0 Å². The number of hydrogen-bond acceptors (Lipinski definition) is 10. The second kappa shape index (κ2) is 11.7. The Balaban J connectivity index is 3.78. The fraction of sp³-hybridized carbons (Fsp3) is 1.00. The number of hydrogen-bond donors (Lipinski definition) is 2. The van der Waals surface area contributed by atoms with Crippen molar-refractivity contribution in [2.75, 3.05) is 33.8 Å². The molecule has 0 aromatic carbocycles. The van der Waals surface area contributed by atoms with Crippen LogP contribution >= 0.6 is 0 Å². The van der Waals surface area contributed by atoms with Crippen molar-refractivity contribution in [2.45, 2.75) is 64.8 Å². The van der Waals surface area contributed by atoms with Gasteiger partial charge in [-0.05, 0) is 12.1 Å². The van der Waals surface area contributed by atoms with Gasteiger partial charge in [0.1, 0.15) is 0 Å². The van der Waals surface area contributed by atoms with Gasteiger partial charge in [0.05, 0.1) is 12.5 Å². The van der Waals surface area contributed by atoms with Crippen LogP contribution in [0.15, 0.2) is 0 Å². The van der Waals surface area contributed by atoms with Gasteiger partial charge >= 0.3 is 43.5 Å². The van der Waals surface area contributed by atoms with Crippen molar-refractivity contribution >= 4 is 43.5 Å². The normalized spacial score (nSPS) is 41.0. The Kier molecular flexibility index (Phi) is 11.2. The van der Waals surface area contributed by atoms with Gasteiger partial charge in [-0.1, -0.05) is 34.6 Å². The van der Waals surface area contributed by atoms with Gasteiger partial charge in [0.15, 0.2) is 0 Å². The lowest BCUT2D eigenvalue weighted by Gasteiger charge is -2.49. The predicted octanol–water partition coefficient (Wildman–Crippen LogP) is 1.89. The minimum atomic E-state index is -3.36. The zero-order chi connectivity index (χ0) is 23.1. The second-order valence-electron chi connectivity index (χ2n) is 7.08. The van der Waals surface area contributed by atoms with Crippen LogP contribution in [0.1, 0.15) is 34.6 Å². The Morgan fingerprint density at radius 1 is 0.500 bits per heavy atom. The standard InChI is InChI=1S/C15H40O10Si5/c1-9-26(14-16)21-27(10-2,15-17)23-29(12-4,19-7)25-30(13-5,20-8)24-28(11-3,18-6)22-26/h16-17H,9-15H2,1-8H3.